The Bertz CT molecular complexity index is 61.9. The molecular weight excluding hydrogens is 192 g/mol. The van der Waals surface area contributed by atoms with Crippen molar-refractivity contribution in [3.8, 4) is 0 Å². The molecular formula is C4H6OTe. The number of hydrogen-bond acceptors (Lipinski definition) is 1. The van der Waals surface area contributed by atoms with Gasteiger partial charge >= 0.3 is 46.9 Å². The van der Waals surface area contributed by atoms with Gasteiger partial charge in [-0.15, -0.1) is 0 Å². The summed E-state index contributed by atoms with van der Waals surface area (Å²) in [6.07, 6.45) is 2.10. The van der Waals surface area contributed by atoms with Gasteiger partial charge in [-0.1, -0.05) is 0 Å². The summed E-state index contributed by atoms with van der Waals surface area (Å²) in [6.45, 7) is 0. The molecule has 1 saturated heterocycles. The molecule has 34 valence electrons. The van der Waals surface area contributed by atoms with Gasteiger partial charge in [0.1, 0.15) is 0 Å². The van der Waals surface area contributed by atoms with Crippen molar-refractivity contribution in [3.63, 3.8) is 0 Å². The molecule has 0 amide bonds. The van der Waals surface area contributed by atoms with Gasteiger partial charge in [-0.3, -0.25) is 0 Å². The average molecular weight is 198 g/mol. The fourth-order valence-corrected chi connectivity index (χ4v) is 2.77. The van der Waals surface area contributed by atoms with E-state index in [1.165, 1.54) is 10.9 Å². The Hall–Kier alpha value is 0.460. The molecule has 0 N–H and O–H groups in total. The quantitative estimate of drug-likeness (QED) is 0.515. The first kappa shape index (κ1) is 4.61. The van der Waals surface area contributed by atoms with Crippen LogP contribution in [0, 0.1) is 0 Å². The minimum absolute atomic E-state index is 0.106. The van der Waals surface area contributed by atoms with E-state index in [-0.39, 0.29) is 20.9 Å². The van der Waals surface area contributed by atoms with Gasteiger partial charge in [0.2, 0.25) is 0 Å². The Kier molecular flexibility index (Phi) is 1.50. The van der Waals surface area contributed by atoms with Crippen molar-refractivity contribution >= 4 is 24.8 Å². The minimum atomic E-state index is -0.106. The van der Waals surface area contributed by atoms with Crippen LogP contribution in [-0.4, -0.2) is 24.8 Å². The van der Waals surface area contributed by atoms with Crippen molar-refractivity contribution in [2.24, 2.45) is 0 Å². The predicted octanol–water partition coefficient (Wildman–Crippen LogP) is 0.429. The summed E-state index contributed by atoms with van der Waals surface area (Å²) in [5, 5.41) is 0. The summed E-state index contributed by atoms with van der Waals surface area (Å²) in [7, 11) is 0. The molecule has 1 fully saturated rings. The van der Waals surface area contributed by atoms with Crippen LogP contribution in [0.2, 0.25) is 4.47 Å². The van der Waals surface area contributed by atoms with Gasteiger partial charge in [0.25, 0.3) is 0 Å². The number of carbonyl (C=O) groups excluding carboxylic acids is 1. The third-order valence-corrected chi connectivity index (χ3v) is 3.70. The first-order valence-electron chi connectivity index (χ1n) is 2.05. The van der Waals surface area contributed by atoms with Crippen molar-refractivity contribution < 1.29 is 4.79 Å². The zero-order valence-electron chi connectivity index (χ0n) is 3.44. The summed E-state index contributed by atoms with van der Waals surface area (Å²) < 4.78 is 1.85. The molecule has 2 heteroatoms. The van der Waals surface area contributed by atoms with Gasteiger partial charge in [0.15, 0.2) is 0 Å². The number of carbonyl (C=O) groups is 1. The molecule has 0 unspecified atom stereocenters. The fourth-order valence-electron chi connectivity index (χ4n) is 0.475. The van der Waals surface area contributed by atoms with Crippen molar-refractivity contribution in [2.45, 2.75) is 17.3 Å². The summed E-state index contributed by atoms with van der Waals surface area (Å²) in [4.78, 5) is 10.3. The monoisotopic (exact) mass is 200 g/mol. The molecule has 0 saturated carbocycles. The van der Waals surface area contributed by atoms with Gasteiger partial charge in [-0.2, -0.15) is 0 Å². The topological polar surface area (TPSA) is 17.1 Å². The normalized spacial score (nSPS) is 22.3. The maximum absolute atomic E-state index is 10.3. The van der Waals surface area contributed by atoms with Crippen LogP contribution in [0.3, 0.4) is 0 Å². The molecule has 0 spiro atoms. The molecule has 1 nitrogen and oxygen atoms in total. The molecule has 1 aliphatic rings. The van der Waals surface area contributed by atoms with E-state index in [1.54, 1.807) is 0 Å². The number of rotatable bonds is 0. The van der Waals surface area contributed by atoms with E-state index in [1.807, 2.05) is 0 Å². The second-order valence-corrected chi connectivity index (χ2v) is 4.61. The fraction of sp³-hybridized carbons (Fsp3) is 0.750. The van der Waals surface area contributed by atoms with Crippen LogP contribution in [0.4, 0.5) is 0 Å². The van der Waals surface area contributed by atoms with Gasteiger partial charge in [-0.25, -0.2) is 0 Å². The first-order chi connectivity index (χ1) is 2.89. The molecule has 0 aromatic heterocycles. The molecule has 1 aliphatic heterocycles. The molecule has 0 bridgehead atoms. The second kappa shape index (κ2) is 1.95. The van der Waals surface area contributed by atoms with Crippen molar-refractivity contribution in [2.75, 3.05) is 0 Å². The van der Waals surface area contributed by atoms with E-state index in [0.717, 1.165) is 6.42 Å². The third kappa shape index (κ3) is 0.959. The van der Waals surface area contributed by atoms with E-state index in [0.29, 0.717) is 3.83 Å². The summed E-state index contributed by atoms with van der Waals surface area (Å²) in [5.74, 6) is 0. The van der Waals surface area contributed by atoms with Crippen LogP contribution in [0.1, 0.15) is 12.8 Å². The second-order valence-electron chi connectivity index (χ2n) is 1.32. The predicted molar refractivity (Wildman–Crippen MR) is 24.8 cm³/mol. The van der Waals surface area contributed by atoms with Gasteiger partial charge < -0.3 is 0 Å². The Morgan fingerprint density at radius 3 is 2.67 bits per heavy atom. The Morgan fingerprint density at radius 1 is 1.67 bits per heavy atom. The van der Waals surface area contributed by atoms with Crippen LogP contribution < -0.4 is 0 Å². The zero-order valence-corrected chi connectivity index (χ0v) is 5.77. The average Bonchev–Trinajstić information content (AvgIpc) is 1.86. The van der Waals surface area contributed by atoms with Gasteiger partial charge in [0.05, 0.1) is 0 Å². The molecule has 0 radical (unpaired) electrons. The molecule has 0 aromatic rings. The van der Waals surface area contributed by atoms with E-state index in [2.05, 4.69) is 0 Å². The van der Waals surface area contributed by atoms with Crippen LogP contribution in [0.25, 0.3) is 0 Å². The molecule has 0 atom stereocenters. The zero-order chi connectivity index (χ0) is 4.41. The van der Waals surface area contributed by atoms with E-state index >= 15 is 0 Å². The summed E-state index contributed by atoms with van der Waals surface area (Å²) in [6, 6.07) is 0. The van der Waals surface area contributed by atoms with E-state index < -0.39 is 0 Å². The van der Waals surface area contributed by atoms with Gasteiger partial charge in [-0.05, 0) is 0 Å². The standard InChI is InChI=1S/C4H6OTe/c5-4-2-1-3-6-4/h1-3H2. The maximum atomic E-state index is 10.3. The Labute approximate surface area is 47.2 Å². The third-order valence-electron chi connectivity index (χ3n) is 0.788. The van der Waals surface area contributed by atoms with Crippen molar-refractivity contribution in [1.82, 2.24) is 0 Å². The van der Waals surface area contributed by atoms with Crippen LogP contribution in [0.15, 0.2) is 0 Å². The molecule has 0 aromatic carbocycles. The Morgan fingerprint density at radius 2 is 2.50 bits per heavy atom. The van der Waals surface area contributed by atoms with Crippen LogP contribution in [0.5, 0.6) is 0 Å². The van der Waals surface area contributed by atoms with Crippen LogP contribution >= 0.6 is 0 Å². The van der Waals surface area contributed by atoms with E-state index in [9.17, 15) is 4.79 Å². The first-order valence-corrected chi connectivity index (χ1v) is 4.86. The summed E-state index contributed by atoms with van der Waals surface area (Å²) in [5.41, 5.74) is 0. The summed E-state index contributed by atoms with van der Waals surface area (Å²) >= 11 is -0.106. The van der Waals surface area contributed by atoms with Gasteiger partial charge in [0, 0.05) is 0 Å². The van der Waals surface area contributed by atoms with Crippen LogP contribution in [-0.2, 0) is 4.79 Å². The molecule has 6 heavy (non-hydrogen) atoms. The number of hydrogen-bond donors (Lipinski definition) is 0. The SMILES string of the molecule is O=C1CCC[Te]1. The van der Waals surface area contributed by atoms with Crippen molar-refractivity contribution in [1.29, 1.82) is 0 Å². The Balaban J connectivity index is 2.37. The van der Waals surface area contributed by atoms with Crippen molar-refractivity contribution in [3.05, 3.63) is 0 Å². The van der Waals surface area contributed by atoms with E-state index in [4.69, 9.17) is 0 Å². The molecule has 1 heterocycles. The molecule has 0 aliphatic carbocycles. The molecule has 1 rings (SSSR count).